The van der Waals surface area contributed by atoms with E-state index in [9.17, 15) is 24.3 Å². The topological polar surface area (TPSA) is 113 Å². The number of nitrogens with zero attached hydrogens (tertiary/aromatic N) is 2. The minimum absolute atomic E-state index is 0.0746. The largest absolute Gasteiger partial charge is 0.478 e. The molecular weight excluding hydrogens is 368 g/mol. The van der Waals surface area contributed by atoms with E-state index in [-0.39, 0.29) is 19.1 Å². The van der Waals surface area contributed by atoms with Gasteiger partial charge in [-0.15, -0.1) is 0 Å². The van der Waals surface area contributed by atoms with Crippen LogP contribution in [0.2, 0.25) is 0 Å². The van der Waals surface area contributed by atoms with Gasteiger partial charge in [0.1, 0.15) is 0 Å². The Bertz CT molecular complexity index is 819. The zero-order valence-electron chi connectivity index (χ0n) is 15.7. The van der Waals surface area contributed by atoms with Crippen molar-refractivity contribution in [2.75, 3.05) is 31.1 Å². The summed E-state index contributed by atoms with van der Waals surface area (Å²) in [6, 6.07) is 5.10. The van der Waals surface area contributed by atoms with E-state index in [1.807, 2.05) is 0 Å². The van der Waals surface area contributed by atoms with E-state index in [1.165, 1.54) is 4.90 Å². The van der Waals surface area contributed by atoms with Crippen LogP contribution in [0.4, 0.5) is 5.69 Å². The number of amides is 2. The summed E-state index contributed by atoms with van der Waals surface area (Å²) in [5, 5.41) is 9.34. The SMILES string of the molecule is CC(=O)O[C@@H](C(=O)O)[C@H]1OCCN(c2cccc(C(=O)N3CCC3)c2C)C1=O. The number of carbonyl (C=O) groups is 4. The second-order valence-electron chi connectivity index (χ2n) is 6.74. The molecular formula is C19H22N2O7. The summed E-state index contributed by atoms with van der Waals surface area (Å²) in [6.07, 6.45) is -2.22. The second kappa shape index (κ2) is 7.97. The molecule has 0 radical (unpaired) electrons. The highest BCUT2D eigenvalue weighted by atomic mass is 16.6. The second-order valence-corrected chi connectivity index (χ2v) is 6.74. The molecule has 2 aliphatic heterocycles. The van der Waals surface area contributed by atoms with Gasteiger partial charge in [0.05, 0.1) is 6.61 Å². The van der Waals surface area contributed by atoms with E-state index >= 15 is 0 Å². The fourth-order valence-electron chi connectivity index (χ4n) is 3.32. The number of carboxylic acid groups (broad SMARTS) is 1. The van der Waals surface area contributed by atoms with Crippen molar-refractivity contribution in [3.63, 3.8) is 0 Å². The smallest absolute Gasteiger partial charge is 0.348 e. The van der Waals surface area contributed by atoms with Gasteiger partial charge in [-0.1, -0.05) is 6.07 Å². The van der Waals surface area contributed by atoms with Gasteiger partial charge in [-0.25, -0.2) is 4.79 Å². The number of rotatable bonds is 5. The van der Waals surface area contributed by atoms with Gasteiger partial charge < -0.3 is 24.4 Å². The van der Waals surface area contributed by atoms with Crippen molar-refractivity contribution in [1.82, 2.24) is 4.90 Å². The van der Waals surface area contributed by atoms with Crippen molar-refractivity contribution < 1.29 is 33.8 Å². The van der Waals surface area contributed by atoms with Crippen LogP contribution in [-0.2, 0) is 23.9 Å². The van der Waals surface area contributed by atoms with Crippen molar-refractivity contribution in [3.8, 4) is 0 Å². The summed E-state index contributed by atoms with van der Waals surface area (Å²) in [7, 11) is 0. The summed E-state index contributed by atoms with van der Waals surface area (Å²) in [5.41, 5.74) is 1.65. The van der Waals surface area contributed by atoms with Crippen LogP contribution in [0.25, 0.3) is 0 Å². The molecule has 0 saturated carbocycles. The maximum Gasteiger partial charge on any atom is 0.348 e. The third kappa shape index (κ3) is 3.70. The van der Waals surface area contributed by atoms with Crippen molar-refractivity contribution >= 4 is 29.4 Å². The summed E-state index contributed by atoms with van der Waals surface area (Å²) in [6.45, 7) is 4.51. The van der Waals surface area contributed by atoms with E-state index in [0.717, 1.165) is 13.3 Å². The summed E-state index contributed by atoms with van der Waals surface area (Å²) in [5.74, 6) is -3.00. The van der Waals surface area contributed by atoms with Gasteiger partial charge in [0.25, 0.3) is 11.8 Å². The van der Waals surface area contributed by atoms with Crippen LogP contribution in [0.15, 0.2) is 18.2 Å². The Morgan fingerprint density at radius 1 is 1.25 bits per heavy atom. The molecule has 2 fully saturated rings. The van der Waals surface area contributed by atoms with E-state index in [0.29, 0.717) is 29.9 Å². The Labute approximate surface area is 161 Å². The molecule has 9 heteroatoms. The summed E-state index contributed by atoms with van der Waals surface area (Å²) < 4.78 is 10.1. The van der Waals surface area contributed by atoms with E-state index in [4.69, 9.17) is 9.47 Å². The molecule has 1 aromatic carbocycles. The highest BCUT2D eigenvalue weighted by molar-refractivity contribution is 6.03. The van der Waals surface area contributed by atoms with Crippen LogP contribution in [0, 0.1) is 6.92 Å². The van der Waals surface area contributed by atoms with Crippen LogP contribution in [0.1, 0.15) is 29.3 Å². The van der Waals surface area contributed by atoms with Crippen molar-refractivity contribution in [2.24, 2.45) is 0 Å². The first kappa shape index (κ1) is 19.8. The number of ether oxygens (including phenoxy) is 2. The first-order chi connectivity index (χ1) is 13.3. The Hall–Kier alpha value is -2.94. The van der Waals surface area contributed by atoms with Crippen LogP contribution in [0.5, 0.6) is 0 Å². The number of hydrogen-bond acceptors (Lipinski definition) is 6. The molecule has 2 atom stereocenters. The van der Waals surface area contributed by atoms with Crippen LogP contribution >= 0.6 is 0 Å². The lowest BCUT2D eigenvalue weighted by atomic mass is 10.0. The first-order valence-electron chi connectivity index (χ1n) is 9.03. The van der Waals surface area contributed by atoms with Gasteiger partial charge in [-0.3, -0.25) is 14.4 Å². The molecule has 150 valence electrons. The summed E-state index contributed by atoms with van der Waals surface area (Å²) >= 11 is 0. The maximum absolute atomic E-state index is 12.9. The van der Waals surface area contributed by atoms with Gasteiger partial charge >= 0.3 is 11.9 Å². The molecule has 0 bridgehead atoms. The van der Waals surface area contributed by atoms with Gasteiger partial charge in [-0.05, 0) is 31.0 Å². The van der Waals surface area contributed by atoms with E-state index in [2.05, 4.69) is 0 Å². The molecule has 0 unspecified atom stereocenters. The number of benzene rings is 1. The Balaban J connectivity index is 1.89. The number of esters is 1. The summed E-state index contributed by atoms with van der Waals surface area (Å²) in [4.78, 5) is 51.4. The molecule has 2 aliphatic rings. The molecule has 1 N–H and O–H groups in total. The molecule has 0 aromatic heterocycles. The van der Waals surface area contributed by atoms with E-state index < -0.39 is 30.1 Å². The average molecular weight is 390 g/mol. The Morgan fingerprint density at radius 2 is 1.96 bits per heavy atom. The van der Waals surface area contributed by atoms with Gasteiger partial charge in [0.2, 0.25) is 6.10 Å². The van der Waals surface area contributed by atoms with Crippen LogP contribution in [0.3, 0.4) is 0 Å². The molecule has 0 spiro atoms. The molecule has 2 amide bonds. The highest BCUT2D eigenvalue weighted by Gasteiger charge is 2.43. The average Bonchev–Trinajstić information content (AvgIpc) is 2.59. The molecule has 0 aliphatic carbocycles. The zero-order chi connectivity index (χ0) is 20.4. The zero-order valence-corrected chi connectivity index (χ0v) is 15.7. The lowest BCUT2D eigenvalue weighted by Crippen LogP contribution is -2.55. The van der Waals surface area contributed by atoms with Gasteiger partial charge in [0.15, 0.2) is 6.10 Å². The Kier molecular flexibility index (Phi) is 5.64. The number of carboxylic acids is 1. The first-order valence-corrected chi connectivity index (χ1v) is 9.03. The molecule has 2 heterocycles. The highest BCUT2D eigenvalue weighted by Crippen LogP contribution is 2.28. The number of likely N-dealkylation sites (tertiary alicyclic amines) is 1. The van der Waals surface area contributed by atoms with Crippen molar-refractivity contribution in [2.45, 2.75) is 32.5 Å². The number of morpholine rings is 1. The van der Waals surface area contributed by atoms with Gasteiger partial charge in [-0.2, -0.15) is 0 Å². The number of aliphatic carboxylic acids is 1. The minimum atomic E-state index is -1.74. The van der Waals surface area contributed by atoms with Crippen LogP contribution in [-0.4, -0.2) is 72.2 Å². The predicted molar refractivity (Wildman–Crippen MR) is 97.0 cm³/mol. The van der Waals surface area contributed by atoms with Crippen molar-refractivity contribution in [1.29, 1.82) is 0 Å². The monoisotopic (exact) mass is 390 g/mol. The normalized spacial score (nSPS) is 20.4. The lowest BCUT2D eigenvalue weighted by molar-refractivity contribution is -0.177. The predicted octanol–water partition coefficient (Wildman–Crippen LogP) is 0.589. The number of carbonyl (C=O) groups excluding carboxylic acids is 3. The number of hydrogen-bond donors (Lipinski definition) is 1. The molecule has 3 rings (SSSR count). The fourth-order valence-corrected chi connectivity index (χ4v) is 3.32. The third-order valence-corrected chi connectivity index (χ3v) is 4.90. The van der Waals surface area contributed by atoms with E-state index in [1.54, 1.807) is 30.0 Å². The minimum Gasteiger partial charge on any atom is -0.478 e. The number of anilines is 1. The molecule has 1 aromatic rings. The molecule has 28 heavy (non-hydrogen) atoms. The fraction of sp³-hybridized carbons (Fsp3) is 0.474. The maximum atomic E-state index is 12.9. The lowest BCUT2D eigenvalue weighted by Gasteiger charge is -2.36. The van der Waals surface area contributed by atoms with Crippen LogP contribution < -0.4 is 4.90 Å². The standard InChI is InChI=1S/C19H22N2O7/c1-11-13(17(23)20-7-4-8-20)5-3-6-14(11)21-9-10-27-15(18(21)24)16(19(25)26)28-12(2)22/h3,5-6,15-16H,4,7-10H2,1-2H3,(H,25,26)/t15-,16-/m1/s1. The molecule has 9 nitrogen and oxygen atoms in total. The third-order valence-electron chi connectivity index (χ3n) is 4.90. The quantitative estimate of drug-likeness (QED) is 0.732. The molecule has 2 saturated heterocycles. The Morgan fingerprint density at radius 3 is 2.54 bits per heavy atom. The van der Waals surface area contributed by atoms with Gasteiger partial charge in [0, 0.05) is 37.8 Å². The van der Waals surface area contributed by atoms with Crippen molar-refractivity contribution in [3.05, 3.63) is 29.3 Å².